The molecule has 0 aliphatic carbocycles. The molecule has 90 valence electrons. The van der Waals surface area contributed by atoms with Crippen molar-refractivity contribution in [2.45, 2.75) is 19.4 Å². The van der Waals surface area contributed by atoms with Crippen molar-refractivity contribution in [2.24, 2.45) is 0 Å². The third-order valence-electron chi connectivity index (χ3n) is 2.23. The van der Waals surface area contributed by atoms with Crippen LogP contribution in [0.25, 0.3) is 0 Å². The number of H-pyrrole nitrogens is 1. The van der Waals surface area contributed by atoms with Crippen LogP contribution in [0.3, 0.4) is 0 Å². The van der Waals surface area contributed by atoms with Gasteiger partial charge in [-0.25, -0.2) is 9.97 Å². The van der Waals surface area contributed by atoms with E-state index >= 15 is 0 Å². The lowest BCUT2D eigenvalue weighted by Gasteiger charge is -2.12. The fourth-order valence-electron chi connectivity index (χ4n) is 1.40. The van der Waals surface area contributed by atoms with E-state index in [1.807, 2.05) is 6.92 Å². The van der Waals surface area contributed by atoms with Crippen LogP contribution in [0.5, 0.6) is 0 Å². The van der Waals surface area contributed by atoms with Gasteiger partial charge in [0, 0.05) is 12.4 Å². The average Bonchev–Trinajstić information content (AvgIpc) is 2.96. The highest BCUT2D eigenvalue weighted by atomic mass is 32.1. The monoisotopic (exact) mass is 253 g/mol. The van der Waals surface area contributed by atoms with Crippen molar-refractivity contribution in [3.05, 3.63) is 34.5 Å². The first-order valence-corrected chi connectivity index (χ1v) is 5.88. The summed E-state index contributed by atoms with van der Waals surface area (Å²) in [6, 6.07) is -0.0178. The van der Waals surface area contributed by atoms with Crippen LogP contribution < -0.4 is 5.32 Å². The molecule has 0 radical (unpaired) electrons. The van der Waals surface area contributed by atoms with Crippen LogP contribution in [0.15, 0.2) is 18.6 Å². The Morgan fingerprint density at radius 2 is 2.47 bits per heavy atom. The average molecular weight is 253 g/mol. The van der Waals surface area contributed by atoms with E-state index < -0.39 is 4.92 Å². The molecule has 0 saturated heterocycles. The Morgan fingerprint density at radius 1 is 1.65 bits per heavy atom. The van der Waals surface area contributed by atoms with Gasteiger partial charge in [0.15, 0.2) is 5.13 Å². The van der Waals surface area contributed by atoms with Gasteiger partial charge in [-0.2, -0.15) is 0 Å². The number of hydrogen-bond acceptors (Lipinski definition) is 6. The van der Waals surface area contributed by atoms with Gasteiger partial charge in [-0.3, -0.25) is 10.1 Å². The highest BCUT2D eigenvalue weighted by Crippen LogP contribution is 2.28. The normalized spacial score (nSPS) is 12.3. The van der Waals surface area contributed by atoms with Crippen molar-refractivity contribution >= 4 is 21.5 Å². The number of aromatic amines is 1. The standard InChI is InChI=1S/C9H11N5O2S/c1-2-6(8-10-3-4-11-8)13-9-12-5-7(17-9)14(15)16/h3-6H,2H2,1H3,(H,10,11)(H,12,13). The molecule has 2 N–H and O–H groups in total. The second-order valence-corrected chi connectivity index (χ2v) is 4.35. The van der Waals surface area contributed by atoms with Crippen LogP contribution in [0.1, 0.15) is 25.2 Å². The minimum Gasteiger partial charge on any atom is -0.351 e. The lowest BCUT2D eigenvalue weighted by atomic mass is 10.2. The van der Waals surface area contributed by atoms with Crippen molar-refractivity contribution in [1.29, 1.82) is 0 Å². The number of aromatic nitrogens is 3. The van der Waals surface area contributed by atoms with Gasteiger partial charge in [0.1, 0.15) is 12.0 Å². The van der Waals surface area contributed by atoms with E-state index in [-0.39, 0.29) is 11.0 Å². The van der Waals surface area contributed by atoms with E-state index in [2.05, 4.69) is 20.3 Å². The summed E-state index contributed by atoms with van der Waals surface area (Å²) in [5.74, 6) is 0.797. The van der Waals surface area contributed by atoms with Gasteiger partial charge >= 0.3 is 5.00 Å². The van der Waals surface area contributed by atoms with Gasteiger partial charge in [0.25, 0.3) is 0 Å². The first-order chi connectivity index (χ1) is 8.20. The molecule has 0 amide bonds. The molecule has 0 spiro atoms. The molecule has 2 rings (SSSR count). The molecule has 0 aliphatic heterocycles. The van der Waals surface area contributed by atoms with Gasteiger partial charge in [-0.15, -0.1) is 0 Å². The maximum atomic E-state index is 10.5. The summed E-state index contributed by atoms with van der Waals surface area (Å²) in [6.07, 6.45) is 5.47. The lowest BCUT2D eigenvalue weighted by Crippen LogP contribution is -2.10. The molecule has 2 aromatic heterocycles. The first-order valence-electron chi connectivity index (χ1n) is 5.06. The SMILES string of the molecule is CCC(Nc1ncc([N+](=O)[O-])s1)c1ncc[nH]1. The summed E-state index contributed by atoms with van der Waals surface area (Å²) in [6.45, 7) is 2.00. The second kappa shape index (κ2) is 4.91. The summed E-state index contributed by atoms with van der Waals surface area (Å²) in [7, 11) is 0. The number of anilines is 1. The summed E-state index contributed by atoms with van der Waals surface area (Å²) in [5, 5.41) is 14.2. The largest absolute Gasteiger partial charge is 0.351 e. The number of hydrogen-bond donors (Lipinski definition) is 2. The summed E-state index contributed by atoms with van der Waals surface area (Å²) < 4.78 is 0. The molecule has 7 nitrogen and oxygen atoms in total. The molecule has 8 heteroatoms. The van der Waals surface area contributed by atoms with Crippen LogP contribution in [-0.2, 0) is 0 Å². The number of nitro groups is 1. The van der Waals surface area contributed by atoms with Gasteiger partial charge in [-0.05, 0) is 17.8 Å². The highest BCUT2D eigenvalue weighted by Gasteiger charge is 2.16. The number of thiazole rings is 1. The lowest BCUT2D eigenvalue weighted by molar-refractivity contribution is -0.380. The summed E-state index contributed by atoms with van der Waals surface area (Å²) >= 11 is 1.02. The molecule has 0 saturated carbocycles. The zero-order valence-electron chi connectivity index (χ0n) is 9.08. The maximum Gasteiger partial charge on any atom is 0.345 e. The molecule has 17 heavy (non-hydrogen) atoms. The molecule has 2 aromatic rings. The van der Waals surface area contributed by atoms with Crippen molar-refractivity contribution in [1.82, 2.24) is 15.0 Å². The molecule has 0 aliphatic rings. The molecular weight excluding hydrogens is 242 g/mol. The Labute approximate surface area is 101 Å². The third kappa shape index (κ3) is 2.59. The summed E-state index contributed by atoms with van der Waals surface area (Å²) in [5.41, 5.74) is 0. The van der Waals surface area contributed by atoms with E-state index in [0.29, 0.717) is 5.13 Å². The predicted molar refractivity (Wildman–Crippen MR) is 64.0 cm³/mol. The molecule has 0 aromatic carbocycles. The van der Waals surface area contributed by atoms with E-state index in [0.717, 1.165) is 23.6 Å². The van der Waals surface area contributed by atoms with Crippen molar-refractivity contribution in [2.75, 3.05) is 5.32 Å². The van der Waals surface area contributed by atoms with Crippen LogP contribution >= 0.6 is 11.3 Å². The number of nitrogens with zero attached hydrogens (tertiary/aromatic N) is 3. The van der Waals surface area contributed by atoms with E-state index in [1.165, 1.54) is 6.20 Å². The molecule has 1 unspecified atom stereocenters. The highest BCUT2D eigenvalue weighted by molar-refractivity contribution is 7.18. The van der Waals surface area contributed by atoms with Crippen LogP contribution in [0, 0.1) is 10.1 Å². The number of rotatable bonds is 5. The predicted octanol–water partition coefficient (Wildman–Crippen LogP) is 2.34. The molecular formula is C9H11N5O2S. The minimum absolute atomic E-state index is 0.0178. The van der Waals surface area contributed by atoms with Gasteiger partial charge in [0.2, 0.25) is 0 Å². The molecule has 2 heterocycles. The van der Waals surface area contributed by atoms with Crippen LogP contribution in [0.4, 0.5) is 10.1 Å². The van der Waals surface area contributed by atoms with Gasteiger partial charge in [0.05, 0.1) is 11.0 Å². The zero-order chi connectivity index (χ0) is 12.3. The zero-order valence-corrected chi connectivity index (χ0v) is 9.90. The van der Waals surface area contributed by atoms with Gasteiger partial charge < -0.3 is 10.3 Å². The molecule has 1 atom stereocenters. The number of imidazole rings is 1. The van der Waals surface area contributed by atoms with Crippen LogP contribution in [0.2, 0.25) is 0 Å². The minimum atomic E-state index is -0.448. The second-order valence-electron chi connectivity index (χ2n) is 3.34. The number of nitrogens with one attached hydrogen (secondary N) is 2. The molecule has 0 bridgehead atoms. The van der Waals surface area contributed by atoms with E-state index in [4.69, 9.17) is 0 Å². The fraction of sp³-hybridized carbons (Fsp3) is 0.333. The Kier molecular flexibility index (Phi) is 3.33. The smallest absolute Gasteiger partial charge is 0.345 e. The quantitative estimate of drug-likeness (QED) is 0.629. The third-order valence-corrected chi connectivity index (χ3v) is 3.11. The first kappa shape index (κ1) is 11.5. The molecule has 0 fully saturated rings. The Hall–Kier alpha value is -1.96. The van der Waals surface area contributed by atoms with Gasteiger partial charge in [-0.1, -0.05) is 6.92 Å². The van der Waals surface area contributed by atoms with Crippen LogP contribution in [-0.4, -0.2) is 19.9 Å². The summed E-state index contributed by atoms with van der Waals surface area (Å²) in [4.78, 5) is 21.2. The van der Waals surface area contributed by atoms with Crippen molar-refractivity contribution in [3.8, 4) is 0 Å². The topological polar surface area (TPSA) is 96.7 Å². The van der Waals surface area contributed by atoms with E-state index in [1.54, 1.807) is 12.4 Å². The fourth-order valence-corrected chi connectivity index (χ4v) is 2.08. The Balaban J connectivity index is 2.10. The maximum absolute atomic E-state index is 10.5. The van der Waals surface area contributed by atoms with E-state index in [9.17, 15) is 10.1 Å². The Morgan fingerprint density at radius 3 is 3.00 bits per heavy atom. The van der Waals surface area contributed by atoms with Crippen molar-refractivity contribution in [3.63, 3.8) is 0 Å². The Bertz CT molecular complexity index is 495. The van der Waals surface area contributed by atoms with Crippen molar-refractivity contribution < 1.29 is 4.92 Å².